The van der Waals surface area contributed by atoms with Gasteiger partial charge in [0.15, 0.2) is 0 Å². The zero-order chi connectivity index (χ0) is 29.4. The van der Waals surface area contributed by atoms with Gasteiger partial charge < -0.3 is 10.2 Å². The zero-order valence-corrected chi connectivity index (χ0v) is 25.5. The molecule has 0 unspecified atom stereocenters. The molecular formula is C30H35Cl2N3O4S. The van der Waals surface area contributed by atoms with Gasteiger partial charge in [-0.25, -0.2) is 8.42 Å². The van der Waals surface area contributed by atoms with Crippen LogP contribution in [0.15, 0.2) is 71.6 Å². The van der Waals surface area contributed by atoms with E-state index in [0.29, 0.717) is 6.54 Å². The van der Waals surface area contributed by atoms with E-state index in [1.807, 2.05) is 45.0 Å². The number of hydrogen-bond donors (Lipinski definition) is 1. The molecule has 0 bridgehead atoms. The van der Waals surface area contributed by atoms with Crippen LogP contribution < -0.4 is 9.62 Å². The van der Waals surface area contributed by atoms with Crippen LogP contribution in [0.1, 0.15) is 43.4 Å². The van der Waals surface area contributed by atoms with Crippen molar-refractivity contribution < 1.29 is 18.0 Å². The first-order valence-corrected chi connectivity index (χ1v) is 15.3. The van der Waals surface area contributed by atoms with Crippen molar-refractivity contribution in [2.45, 2.75) is 58.0 Å². The highest BCUT2D eigenvalue weighted by molar-refractivity contribution is 7.92. The summed E-state index contributed by atoms with van der Waals surface area (Å²) in [6.45, 7) is 7.52. The molecule has 0 aliphatic heterocycles. The van der Waals surface area contributed by atoms with Crippen molar-refractivity contribution in [1.29, 1.82) is 0 Å². The molecule has 3 rings (SSSR count). The maximum absolute atomic E-state index is 14.0. The molecule has 3 aromatic rings. The largest absolute Gasteiger partial charge is 0.354 e. The highest BCUT2D eigenvalue weighted by atomic mass is 35.5. The van der Waals surface area contributed by atoms with Gasteiger partial charge in [0.05, 0.1) is 20.6 Å². The van der Waals surface area contributed by atoms with Crippen LogP contribution in [0.25, 0.3) is 0 Å². The number of sulfonamides is 1. The molecule has 0 aliphatic carbocycles. The van der Waals surface area contributed by atoms with Crippen molar-refractivity contribution in [1.82, 2.24) is 10.2 Å². The molecule has 214 valence electrons. The molecule has 0 saturated carbocycles. The molecule has 0 spiro atoms. The Hall–Kier alpha value is -3.07. The fraction of sp³-hybridized carbons (Fsp3) is 0.333. The monoisotopic (exact) mass is 603 g/mol. The van der Waals surface area contributed by atoms with Crippen LogP contribution in [-0.4, -0.2) is 44.3 Å². The Morgan fingerprint density at radius 3 is 2.25 bits per heavy atom. The van der Waals surface area contributed by atoms with Gasteiger partial charge in [-0.1, -0.05) is 78.5 Å². The predicted molar refractivity (Wildman–Crippen MR) is 161 cm³/mol. The molecule has 0 heterocycles. The average Bonchev–Trinajstić information content (AvgIpc) is 2.92. The Kier molecular flexibility index (Phi) is 11.0. The van der Waals surface area contributed by atoms with Gasteiger partial charge in [0, 0.05) is 13.1 Å². The van der Waals surface area contributed by atoms with E-state index in [9.17, 15) is 18.0 Å². The Morgan fingerprint density at radius 2 is 1.62 bits per heavy atom. The van der Waals surface area contributed by atoms with E-state index in [0.717, 1.165) is 33.8 Å². The first-order chi connectivity index (χ1) is 18.9. The summed E-state index contributed by atoms with van der Waals surface area (Å²) in [6.07, 6.45) is 1.72. The van der Waals surface area contributed by atoms with Crippen LogP contribution in [0.4, 0.5) is 5.69 Å². The summed E-state index contributed by atoms with van der Waals surface area (Å²) in [5.74, 6) is -0.846. The standard InChI is InChI=1S/C30H35Cl2N3O4S/c1-5-6-17-33-30(37)23(4)34(19-24-10-8-7-9-22(24)3)29(36)20-35(25-13-16-27(31)28(32)18-25)40(38,39)26-14-11-21(2)12-15-26/h7-16,18,23H,5-6,17,19-20H2,1-4H3,(H,33,37)/t23-/m1/s1. The highest BCUT2D eigenvalue weighted by Crippen LogP contribution is 2.31. The van der Waals surface area contributed by atoms with Gasteiger partial charge in [0.25, 0.3) is 10.0 Å². The normalized spacial score (nSPS) is 12.1. The van der Waals surface area contributed by atoms with Crippen LogP contribution >= 0.6 is 23.2 Å². The second kappa shape index (κ2) is 14.0. The van der Waals surface area contributed by atoms with Crippen LogP contribution in [0, 0.1) is 13.8 Å². The number of hydrogen-bond acceptors (Lipinski definition) is 4. The van der Waals surface area contributed by atoms with Crippen molar-refractivity contribution >= 4 is 50.7 Å². The molecule has 1 atom stereocenters. The van der Waals surface area contributed by atoms with Gasteiger partial charge in [0.2, 0.25) is 11.8 Å². The van der Waals surface area contributed by atoms with E-state index < -0.39 is 28.5 Å². The van der Waals surface area contributed by atoms with Gasteiger partial charge in [-0.2, -0.15) is 0 Å². The van der Waals surface area contributed by atoms with E-state index in [1.165, 1.54) is 35.2 Å². The smallest absolute Gasteiger partial charge is 0.264 e. The predicted octanol–water partition coefficient (Wildman–Crippen LogP) is 6.14. The molecule has 10 heteroatoms. The Bertz CT molecular complexity index is 1450. The number of nitrogens with one attached hydrogen (secondary N) is 1. The van der Waals surface area contributed by atoms with Gasteiger partial charge in [0.1, 0.15) is 12.6 Å². The molecule has 0 radical (unpaired) electrons. The van der Waals surface area contributed by atoms with Gasteiger partial charge in [-0.05, 0) is 68.7 Å². The van der Waals surface area contributed by atoms with Crippen molar-refractivity contribution in [3.8, 4) is 0 Å². The molecule has 0 aliphatic rings. The number of carbonyl (C=O) groups is 2. The number of anilines is 1. The molecule has 3 aromatic carbocycles. The number of halogens is 2. The summed E-state index contributed by atoms with van der Waals surface area (Å²) in [5, 5.41) is 3.28. The highest BCUT2D eigenvalue weighted by Gasteiger charge is 2.33. The summed E-state index contributed by atoms with van der Waals surface area (Å²) in [4.78, 5) is 28.5. The van der Waals surface area contributed by atoms with Crippen molar-refractivity contribution in [3.05, 3.63) is 93.5 Å². The maximum atomic E-state index is 14.0. The Morgan fingerprint density at radius 1 is 0.950 bits per heavy atom. The summed E-state index contributed by atoms with van der Waals surface area (Å²) in [5.41, 5.74) is 2.88. The van der Waals surface area contributed by atoms with E-state index >= 15 is 0 Å². The lowest BCUT2D eigenvalue weighted by Crippen LogP contribution is -2.51. The quantitative estimate of drug-likeness (QED) is 0.252. The molecule has 7 nitrogen and oxygen atoms in total. The minimum atomic E-state index is -4.19. The third kappa shape index (κ3) is 7.77. The summed E-state index contributed by atoms with van der Waals surface area (Å²) < 4.78 is 28.8. The number of carbonyl (C=O) groups excluding carboxylic acids is 2. The lowest BCUT2D eigenvalue weighted by molar-refractivity contribution is -0.139. The lowest BCUT2D eigenvalue weighted by Gasteiger charge is -2.32. The minimum Gasteiger partial charge on any atom is -0.354 e. The number of aryl methyl sites for hydroxylation is 2. The first kappa shape index (κ1) is 31.5. The summed E-state index contributed by atoms with van der Waals surface area (Å²) in [6, 6.07) is 17.5. The number of nitrogens with zero attached hydrogens (tertiary/aromatic N) is 2. The second-order valence-electron chi connectivity index (χ2n) is 9.69. The second-order valence-corrected chi connectivity index (χ2v) is 12.4. The molecule has 0 fully saturated rings. The third-order valence-corrected chi connectivity index (χ3v) is 9.20. The Labute approximate surface area is 247 Å². The number of unbranched alkanes of at least 4 members (excludes halogenated alkanes) is 1. The lowest BCUT2D eigenvalue weighted by atomic mass is 10.1. The fourth-order valence-corrected chi connectivity index (χ4v) is 5.79. The van der Waals surface area contributed by atoms with Crippen LogP contribution in [-0.2, 0) is 26.2 Å². The first-order valence-electron chi connectivity index (χ1n) is 13.1. The number of amides is 2. The van der Waals surface area contributed by atoms with Crippen molar-refractivity contribution in [2.24, 2.45) is 0 Å². The SMILES string of the molecule is CCCCNC(=O)[C@@H](C)N(Cc1ccccc1C)C(=O)CN(c1ccc(Cl)c(Cl)c1)S(=O)(=O)c1ccc(C)cc1. The molecule has 2 amide bonds. The minimum absolute atomic E-state index is 0.0211. The van der Waals surface area contributed by atoms with E-state index in [1.54, 1.807) is 19.1 Å². The topological polar surface area (TPSA) is 86.8 Å². The van der Waals surface area contributed by atoms with Crippen molar-refractivity contribution in [3.63, 3.8) is 0 Å². The number of rotatable bonds is 12. The van der Waals surface area contributed by atoms with Crippen LogP contribution in [0.5, 0.6) is 0 Å². The van der Waals surface area contributed by atoms with Gasteiger partial charge >= 0.3 is 0 Å². The Balaban J connectivity index is 2.03. The van der Waals surface area contributed by atoms with E-state index in [-0.39, 0.29) is 33.1 Å². The van der Waals surface area contributed by atoms with Crippen LogP contribution in [0.3, 0.4) is 0 Å². The van der Waals surface area contributed by atoms with Gasteiger partial charge in [-0.3, -0.25) is 13.9 Å². The van der Waals surface area contributed by atoms with E-state index in [4.69, 9.17) is 23.2 Å². The molecular weight excluding hydrogens is 569 g/mol. The fourth-order valence-electron chi connectivity index (χ4n) is 4.10. The zero-order valence-electron chi connectivity index (χ0n) is 23.2. The molecule has 1 N–H and O–H groups in total. The summed E-state index contributed by atoms with van der Waals surface area (Å²) >= 11 is 12.4. The maximum Gasteiger partial charge on any atom is 0.264 e. The van der Waals surface area contributed by atoms with Crippen molar-refractivity contribution in [2.75, 3.05) is 17.4 Å². The van der Waals surface area contributed by atoms with Gasteiger partial charge in [-0.15, -0.1) is 0 Å². The molecule has 40 heavy (non-hydrogen) atoms. The number of benzene rings is 3. The van der Waals surface area contributed by atoms with E-state index in [2.05, 4.69) is 5.32 Å². The summed E-state index contributed by atoms with van der Waals surface area (Å²) in [7, 11) is -4.19. The molecule has 0 saturated heterocycles. The third-order valence-electron chi connectivity index (χ3n) is 6.68. The average molecular weight is 605 g/mol. The molecule has 0 aromatic heterocycles. The van der Waals surface area contributed by atoms with Crippen LogP contribution in [0.2, 0.25) is 10.0 Å².